The van der Waals surface area contributed by atoms with Crippen LogP contribution in [-0.4, -0.2) is 23.8 Å². The van der Waals surface area contributed by atoms with E-state index in [-0.39, 0.29) is 35.8 Å². The van der Waals surface area contributed by atoms with E-state index < -0.39 is 34.3 Å². The first kappa shape index (κ1) is 23.9. The van der Waals surface area contributed by atoms with Crippen molar-refractivity contribution >= 4 is 17.7 Å². The fourth-order valence-corrected chi connectivity index (χ4v) is 3.52. The predicted octanol–water partition coefficient (Wildman–Crippen LogP) is 5.40. The molecule has 10 heteroatoms. The van der Waals surface area contributed by atoms with E-state index in [4.69, 9.17) is 9.47 Å². The van der Waals surface area contributed by atoms with Crippen LogP contribution in [0.5, 0.6) is 17.4 Å². The molecule has 0 saturated heterocycles. The molecule has 0 aliphatic heterocycles. The normalized spacial score (nSPS) is 10.4. The largest absolute Gasteiger partial charge is 0.485 e. The maximum Gasteiger partial charge on any atom is 0.306 e. The number of esters is 1. The number of halogens is 3. The fourth-order valence-electron chi connectivity index (χ4n) is 2.62. The van der Waals surface area contributed by atoms with E-state index in [9.17, 15) is 23.2 Å². The Kier molecular flexibility index (Phi) is 8.16. The van der Waals surface area contributed by atoms with Crippen molar-refractivity contribution in [3.05, 3.63) is 77.2 Å². The number of carbonyl (C=O) groups excluding carboxylic acids is 1. The average Bonchev–Trinajstić information content (AvgIpc) is 2.84. The summed E-state index contributed by atoms with van der Waals surface area (Å²) in [5.41, 5.74) is 1.02. The summed E-state index contributed by atoms with van der Waals surface area (Å²) >= 11 is 0.581. The van der Waals surface area contributed by atoms with Crippen LogP contribution < -0.4 is 9.47 Å². The third-order valence-corrected chi connectivity index (χ3v) is 5.32. The fraction of sp³-hybridized carbons (Fsp3) is 0.174. The lowest BCUT2D eigenvalue weighted by atomic mass is 10.2. The molecule has 6 nitrogen and oxygen atoms in total. The zero-order chi connectivity index (χ0) is 23.8. The van der Waals surface area contributed by atoms with Crippen molar-refractivity contribution in [2.75, 3.05) is 12.9 Å². The number of ether oxygens (including phenoxy) is 3. The molecule has 1 heterocycles. The second-order valence-corrected chi connectivity index (χ2v) is 7.59. The van der Waals surface area contributed by atoms with Gasteiger partial charge in [0.05, 0.1) is 30.1 Å². The Bertz CT molecular complexity index is 1190. The highest BCUT2D eigenvalue weighted by atomic mass is 32.2. The van der Waals surface area contributed by atoms with E-state index >= 15 is 0 Å². The number of methoxy groups -OCH3 is 1. The molecule has 0 bridgehead atoms. The molecule has 0 aliphatic carbocycles. The number of carbonyl (C=O) groups is 1. The molecular weight excluding hydrogens is 457 g/mol. The van der Waals surface area contributed by atoms with Gasteiger partial charge in [0.25, 0.3) is 11.8 Å². The van der Waals surface area contributed by atoms with Gasteiger partial charge >= 0.3 is 5.97 Å². The molecule has 0 fully saturated rings. The second-order valence-electron chi connectivity index (χ2n) is 6.49. The molecule has 0 radical (unpaired) electrons. The number of nitriles is 1. The minimum Gasteiger partial charge on any atom is -0.485 e. The van der Waals surface area contributed by atoms with E-state index in [1.165, 1.54) is 25.3 Å². The third kappa shape index (κ3) is 6.17. The number of aromatic nitrogens is 1. The van der Waals surface area contributed by atoms with Crippen LogP contribution in [0.4, 0.5) is 13.2 Å². The highest BCUT2D eigenvalue weighted by Gasteiger charge is 2.24. The number of nitrogens with zero attached hydrogens (tertiary/aromatic N) is 2. The van der Waals surface area contributed by atoms with Crippen LogP contribution in [0.15, 0.2) is 53.4 Å². The van der Waals surface area contributed by atoms with Gasteiger partial charge in [0.1, 0.15) is 6.61 Å². The quantitative estimate of drug-likeness (QED) is 0.233. The van der Waals surface area contributed by atoms with Crippen LogP contribution in [0.1, 0.15) is 17.5 Å². The molecule has 1 aromatic heterocycles. The molecule has 170 valence electrons. The van der Waals surface area contributed by atoms with Gasteiger partial charge < -0.3 is 14.2 Å². The molecule has 0 spiro atoms. The first-order chi connectivity index (χ1) is 15.9. The van der Waals surface area contributed by atoms with Crippen molar-refractivity contribution in [3.8, 4) is 23.4 Å². The molecule has 0 unspecified atom stereocenters. The van der Waals surface area contributed by atoms with Crippen molar-refractivity contribution in [1.29, 1.82) is 5.26 Å². The maximum absolute atomic E-state index is 14.9. The molecule has 0 saturated carbocycles. The Morgan fingerprint density at radius 3 is 2.55 bits per heavy atom. The van der Waals surface area contributed by atoms with Crippen molar-refractivity contribution in [2.45, 2.75) is 17.9 Å². The van der Waals surface area contributed by atoms with Gasteiger partial charge in [-0.15, -0.1) is 11.8 Å². The van der Waals surface area contributed by atoms with Crippen LogP contribution in [0.2, 0.25) is 0 Å². The lowest BCUT2D eigenvalue weighted by molar-refractivity contribution is -0.140. The number of hydrogen-bond donors (Lipinski definition) is 0. The van der Waals surface area contributed by atoms with Crippen LogP contribution >= 0.6 is 11.8 Å². The van der Waals surface area contributed by atoms with E-state index in [1.807, 2.05) is 36.4 Å². The van der Waals surface area contributed by atoms with Gasteiger partial charge in [-0.2, -0.15) is 19.0 Å². The lowest BCUT2D eigenvalue weighted by Gasteiger charge is -2.14. The Balaban J connectivity index is 1.88. The summed E-state index contributed by atoms with van der Waals surface area (Å²) in [7, 11) is 1.18. The lowest BCUT2D eigenvalue weighted by Crippen LogP contribution is -2.05. The zero-order valence-electron chi connectivity index (χ0n) is 17.3. The summed E-state index contributed by atoms with van der Waals surface area (Å²) in [4.78, 5) is 13.8. The maximum atomic E-state index is 14.9. The average molecular weight is 474 g/mol. The topological polar surface area (TPSA) is 81.4 Å². The third-order valence-electron chi connectivity index (χ3n) is 4.26. The van der Waals surface area contributed by atoms with Crippen molar-refractivity contribution in [3.63, 3.8) is 0 Å². The minimum atomic E-state index is -1.57. The van der Waals surface area contributed by atoms with E-state index in [0.717, 1.165) is 5.56 Å². The molecule has 33 heavy (non-hydrogen) atoms. The number of rotatable bonds is 9. The summed E-state index contributed by atoms with van der Waals surface area (Å²) in [6.07, 6.45) is -0.137. The molecule has 3 aromatic rings. The molecule has 0 aliphatic rings. The van der Waals surface area contributed by atoms with E-state index in [1.54, 1.807) is 0 Å². The number of hydrogen-bond acceptors (Lipinski definition) is 7. The van der Waals surface area contributed by atoms with Gasteiger partial charge in [0.15, 0.2) is 17.3 Å². The Labute approximate surface area is 191 Å². The Morgan fingerprint density at radius 1 is 1.09 bits per heavy atom. The smallest absolute Gasteiger partial charge is 0.306 e. The molecule has 2 aromatic carbocycles. The molecule has 0 N–H and O–H groups in total. The summed E-state index contributed by atoms with van der Waals surface area (Å²) in [6.45, 7) is 0.144. The Morgan fingerprint density at radius 2 is 1.85 bits per heavy atom. The highest BCUT2D eigenvalue weighted by molar-refractivity contribution is 7.99. The Hall–Kier alpha value is -3.71. The molecule has 0 amide bonds. The van der Waals surface area contributed by atoms with Gasteiger partial charge in [-0.25, -0.2) is 4.39 Å². The molecular formula is C23H17F3N2O4S. The van der Waals surface area contributed by atoms with Gasteiger partial charge in [-0.1, -0.05) is 30.3 Å². The number of thioether (sulfide) groups is 1. The standard InChI is InChI=1S/C23H17F3N2O4S/c1-30-18(29)9-10-33-21-19(24)22(26)28-23(20(21)25)32-17-11-15(12-27)7-8-16(17)31-13-14-5-3-2-4-6-14/h2-8,11H,9-10,13H2,1H3. The van der Waals surface area contributed by atoms with E-state index in [2.05, 4.69) is 9.72 Å². The highest BCUT2D eigenvalue weighted by Crippen LogP contribution is 2.37. The first-order valence-corrected chi connectivity index (χ1v) is 10.5. The summed E-state index contributed by atoms with van der Waals surface area (Å²) < 4.78 is 58.8. The summed E-state index contributed by atoms with van der Waals surface area (Å²) in [6, 6.07) is 15.3. The molecule has 0 atom stereocenters. The van der Waals surface area contributed by atoms with Crippen LogP contribution in [0, 0.1) is 28.9 Å². The van der Waals surface area contributed by atoms with Crippen molar-refractivity contribution in [1.82, 2.24) is 4.98 Å². The SMILES string of the molecule is COC(=O)CCSc1c(F)c(F)nc(Oc2cc(C#N)ccc2OCc2ccccc2)c1F. The summed E-state index contributed by atoms with van der Waals surface area (Å²) in [5.74, 6) is -5.76. The summed E-state index contributed by atoms with van der Waals surface area (Å²) in [5, 5.41) is 9.18. The van der Waals surface area contributed by atoms with Crippen molar-refractivity contribution < 1.29 is 32.2 Å². The van der Waals surface area contributed by atoms with Gasteiger partial charge in [-0.3, -0.25) is 4.79 Å². The number of pyridine rings is 1. The number of benzene rings is 2. The van der Waals surface area contributed by atoms with Crippen molar-refractivity contribution in [2.24, 2.45) is 0 Å². The van der Waals surface area contributed by atoms with E-state index in [0.29, 0.717) is 11.8 Å². The second kappa shape index (κ2) is 11.2. The van der Waals surface area contributed by atoms with Crippen LogP contribution in [-0.2, 0) is 16.1 Å². The minimum absolute atomic E-state index is 0.0568. The van der Waals surface area contributed by atoms with Gasteiger partial charge in [0.2, 0.25) is 5.82 Å². The predicted molar refractivity (Wildman–Crippen MR) is 113 cm³/mol. The molecule has 3 rings (SSSR count). The van der Waals surface area contributed by atoms with Crippen LogP contribution in [0.3, 0.4) is 0 Å². The van der Waals surface area contributed by atoms with Gasteiger partial charge in [0, 0.05) is 11.8 Å². The first-order valence-electron chi connectivity index (χ1n) is 9.55. The van der Waals surface area contributed by atoms with Crippen LogP contribution in [0.25, 0.3) is 0 Å². The zero-order valence-corrected chi connectivity index (χ0v) is 18.1. The van der Waals surface area contributed by atoms with Gasteiger partial charge in [-0.05, 0) is 17.7 Å². The monoisotopic (exact) mass is 474 g/mol.